The Balaban J connectivity index is 1.86. The Kier molecular flexibility index (Phi) is 5.76. The van der Waals surface area contributed by atoms with Crippen molar-refractivity contribution in [2.45, 2.75) is 39.2 Å². The molecule has 0 radical (unpaired) electrons. The molecule has 4 nitrogen and oxygen atoms in total. The molecule has 1 amide bonds. The van der Waals surface area contributed by atoms with Gasteiger partial charge in [-0.25, -0.2) is 0 Å². The molecule has 0 saturated carbocycles. The van der Waals surface area contributed by atoms with Crippen molar-refractivity contribution in [3.8, 4) is 0 Å². The molecule has 1 N–H and O–H groups in total. The van der Waals surface area contributed by atoms with E-state index in [-0.39, 0.29) is 18.6 Å². The summed E-state index contributed by atoms with van der Waals surface area (Å²) in [6, 6.07) is 6.25. The highest BCUT2D eigenvalue weighted by molar-refractivity contribution is 5.79. The third kappa shape index (κ3) is 4.55. The molecule has 1 aromatic carbocycles. The topological polar surface area (TPSA) is 49.8 Å². The summed E-state index contributed by atoms with van der Waals surface area (Å²) in [5.41, 5.74) is 3.49. The van der Waals surface area contributed by atoms with Gasteiger partial charge in [0.05, 0.1) is 25.7 Å². The standard InChI is InChI=1S/C17H25NO3/c1-13-3-4-14(2)15(11-13)12-17(20)18-7-5-16(6-8-18)21-10-9-19/h3-4,11,16,19H,5-10,12H2,1-2H3. The molecule has 1 aliphatic heterocycles. The van der Waals surface area contributed by atoms with Gasteiger partial charge in [0.15, 0.2) is 0 Å². The fourth-order valence-electron chi connectivity index (χ4n) is 2.76. The lowest BCUT2D eigenvalue weighted by atomic mass is 10.0. The van der Waals surface area contributed by atoms with Crippen molar-refractivity contribution in [3.63, 3.8) is 0 Å². The monoisotopic (exact) mass is 291 g/mol. The summed E-state index contributed by atoms with van der Waals surface area (Å²) in [6.45, 7) is 6.06. The summed E-state index contributed by atoms with van der Waals surface area (Å²) in [5, 5.41) is 8.76. The van der Waals surface area contributed by atoms with Crippen LogP contribution in [0.5, 0.6) is 0 Å². The Hall–Kier alpha value is -1.39. The largest absolute Gasteiger partial charge is 0.394 e. The molecule has 1 aromatic rings. The fourth-order valence-corrected chi connectivity index (χ4v) is 2.76. The fraction of sp³-hybridized carbons (Fsp3) is 0.588. The molecule has 4 heteroatoms. The SMILES string of the molecule is Cc1ccc(C)c(CC(=O)N2CCC(OCCO)CC2)c1. The third-order valence-electron chi connectivity index (χ3n) is 4.09. The molecule has 1 heterocycles. The van der Waals surface area contributed by atoms with Crippen LogP contribution in [0.1, 0.15) is 29.5 Å². The minimum atomic E-state index is 0.0613. The van der Waals surface area contributed by atoms with Gasteiger partial charge in [-0.15, -0.1) is 0 Å². The maximum Gasteiger partial charge on any atom is 0.227 e. The molecule has 1 saturated heterocycles. The van der Waals surface area contributed by atoms with Crippen molar-refractivity contribution in [2.75, 3.05) is 26.3 Å². The first-order valence-corrected chi connectivity index (χ1v) is 7.66. The number of hydrogen-bond donors (Lipinski definition) is 1. The number of likely N-dealkylation sites (tertiary alicyclic amines) is 1. The van der Waals surface area contributed by atoms with Crippen molar-refractivity contribution in [2.24, 2.45) is 0 Å². The minimum Gasteiger partial charge on any atom is -0.394 e. The summed E-state index contributed by atoms with van der Waals surface area (Å²) < 4.78 is 5.53. The van der Waals surface area contributed by atoms with E-state index in [4.69, 9.17) is 9.84 Å². The highest BCUT2D eigenvalue weighted by Gasteiger charge is 2.23. The van der Waals surface area contributed by atoms with Crippen LogP contribution in [0.15, 0.2) is 18.2 Å². The van der Waals surface area contributed by atoms with Crippen LogP contribution >= 0.6 is 0 Å². The van der Waals surface area contributed by atoms with Crippen LogP contribution < -0.4 is 0 Å². The Bertz CT molecular complexity index is 479. The zero-order valence-electron chi connectivity index (χ0n) is 13.0. The van der Waals surface area contributed by atoms with Crippen LogP contribution in [0.25, 0.3) is 0 Å². The predicted molar refractivity (Wildman–Crippen MR) is 82.3 cm³/mol. The molecule has 0 atom stereocenters. The zero-order chi connectivity index (χ0) is 15.2. The first kappa shape index (κ1) is 16.0. The summed E-state index contributed by atoms with van der Waals surface area (Å²) >= 11 is 0. The molecule has 0 spiro atoms. The van der Waals surface area contributed by atoms with E-state index < -0.39 is 0 Å². The molecule has 0 unspecified atom stereocenters. The second kappa shape index (κ2) is 7.57. The van der Waals surface area contributed by atoms with Crippen molar-refractivity contribution in [1.29, 1.82) is 0 Å². The quantitative estimate of drug-likeness (QED) is 0.900. The number of rotatable bonds is 5. The van der Waals surface area contributed by atoms with Gasteiger partial charge in [-0.3, -0.25) is 4.79 Å². The van der Waals surface area contributed by atoms with Gasteiger partial charge < -0.3 is 14.7 Å². The van der Waals surface area contributed by atoms with E-state index in [1.54, 1.807) is 0 Å². The highest BCUT2D eigenvalue weighted by Crippen LogP contribution is 2.17. The van der Waals surface area contributed by atoms with Crippen molar-refractivity contribution in [1.82, 2.24) is 4.90 Å². The normalized spacial score (nSPS) is 16.2. The predicted octanol–water partition coefficient (Wildman–Crippen LogP) is 1.85. The number of aryl methyl sites for hydroxylation is 2. The smallest absolute Gasteiger partial charge is 0.227 e. The number of aliphatic hydroxyl groups is 1. The van der Waals surface area contributed by atoms with E-state index in [0.29, 0.717) is 13.0 Å². The molecule has 116 valence electrons. The van der Waals surface area contributed by atoms with Crippen LogP contribution in [-0.2, 0) is 16.0 Å². The van der Waals surface area contributed by atoms with E-state index in [1.807, 2.05) is 4.90 Å². The van der Waals surface area contributed by atoms with Crippen molar-refractivity contribution in [3.05, 3.63) is 34.9 Å². The van der Waals surface area contributed by atoms with Crippen LogP contribution in [0.2, 0.25) is 0 Å². The Labute approximate surface area is 126 Å². The van der Waals surface area contributed by atoms with Gasteiger partial charge in [0.25, 0.3) is 0 Å². The highest BCUT2D eigenvalue weighted by atomic mass is 16.5. The maximum atomic E-state index is 12.4. The minimum absolute atomic E-state index is 0.0613. The van der Waals surface area contributed by atoms with E-state index in [1.165, 1.54) is 11.1 Å². The molecule has 0 aliphatic carbocycles. The number of nitrogens with zero attached hydrogens (tertiary/aromatic N) is 1. The van der Waals surface area contributed by atoms with Crippen molar-refractivity contribution < 1.29 is 14.6 Å². The Morgan fingerprint density at radius 3 is 2.71 bits per heavy atom. The van der Waals surface area contributed by atoms with Crippen LogP contribution in [-0.4, -0.2) is 48.3 Å². The first-order valence-electron chi connectivity index (χ1n) is 7.66. The summed E-state index contributed by atoms with van der Waals surface area (Å²) in [4.78, 5) is 14.3. The second-order valence-corrected chi connectivity index (χ2v) is 5.78. The second-order valence-electron chi connectivity index (χ2n) is 5.78. The molecule has 1 aliphatic rings. The summed E-state index contributed by atoms with van der Waals surface area (Å²) in [6.07, 6.45) is 2.38. The molecule has 0 aromatic heterocycles. The van der Waals surface area contributed by atoms with Crippen LogP contribution in [0, 0.1) is 13.8 Å². The number of carbonyl (C=O) groups is 1. The summed E-state index contributed by atoms with van der Waals surface area (Å²) in [7, 11) is 0. The lowest BCUT2D eigenvalue weighted by molar-refractivity contribution is -0.133. The van der Waals surface area contributed by atoms with Gasteiger partial charge in [0.1, 0.15) is 0 Å². The van der Waals surface area contributed by atoms with E-state index in [9.17, 15) is 4.79 Å². The molecule has 2 rings (SSSR count). The van der Waals surface area contributed by atoms with Gasteiger partial charge in [-0.05, 0) is 37.8 Å². The average molecular weight is 291 g/mol. The number of amides is 1. The number of piperidine rings is 1. The summed E-state index contributed by atoms with van der Waals surface area (Å²) in [5.74, 6) is 0.198. The zero-order valence-corrected chi connectivity index (χ0v) is 13.0. The van der Waals surface area contributed by atoms with E-state index in [0.717, 1.165) is 31.5 Å². The lowest BCUT2D eigenvalue weighted by Crippen LogP contribution is -2.41. The van der Waals surface area contributed by atoms with E-state index in [2.05, 4.69) is 32.0 Å². The van der Waals surface area contributed by atoms with Gasteiger partial charge >= 0.3 is 0 Å². The Morgan fingerprint density at radius 1 is 1.33 bits per heavy atom. The number of benzene rings is 1. The third-order valence-corrected chi connectivity index (χ3v) is 4.09. The van der Waals surface area contributed by atoms with Crippen LogP contribution in [0.3, 0.4) is 0 Å². The molecule has 0 bridgehead atoms. The van der Waals surface area contributed by atoms with Gasteiger partial charge in [-0.1, -0.05) is 23.8 Å². The van der Waals surface area contributed by atoms with Crippen LogP contribution in [0.4, 0.5) is 0 Å². The first-order chi connectivity index (χ1) is 10.1. The number of hydrogen-bond acceptors (Lipinski definition) is 3. The Morgan fingerprint density at radius 2 is 2.05 bits per heavy atom. The lowest BCUT2D eigenvalue weighted by Gasteiger charge is -2.32. The van der Waals surface area contributed by atoms with Gasteiger partial charge in [-0.2, -0.15) is 0 Å². The van der Waals surface area contributed by atoms with Crippen molar-refractivity contribution >= 4 is 5.91 Å². The number of aliphatic hydroxyl groups excluding tert-OH is 1. The average Bonchev–Trinajstić information content (AvgIpc) is 2.49. The molecule has 1 fully saturated rings. The molecular weight excluding hydrogens is 266 g/mol. The number of carbonyl (C=O) groups excluding carboxylic acids is 1. The maximum absolute atomic E-state index is 12.4. The van der Waals surface area contributed by atoms with Gasteiger partial charge in [0, 0.05) is 13.1 Å². The van der Waals surface area contributed by atoms with E-state index >= 15 is 0 Å². The molecular formula is C17H25NO3. The van der Waals surface area contributed by atoms with Gasteiger partial charge in [0.2, 0.25) is 5.91 Å². The molecule has 21 heavy (non-hydrogen) atoms. The number of ether oxygens (including phenoxy) is 1.